The highest BCUT2D eigenvalue weighted by Gasteiger charge is 2.02. The van der Waals surface area contributed by atoms with Crippen LogP contribution in [-0.2, 0) is 19.1 Å². The lowest BCUT2D eigenvalue weighted by Gasteiger charge is -2.03. The van der Waals surface area contributed by atoms with E-state index in [-0.39, 0.29) is 11.9 Å². The summed E-state index contributed by atoms with van der Waals surface area (Å²) in [5.74, 6) is 1.25. The molecule has 0 aliphatic rings. The summed E-state index contributed by atoms with van der Waals surface area (Å²) in [5, 5.41) is 0.888. The quantitative estimate of drug-likeness (QED) is 0.348. The van der Waals surface area contributed by atoms with Crippen molar-refractivity contribution >= 4 is 35.5 Å². The van der Waals surface area contributed by atoms with Gasteiger partial charge in [-0.05, 0) is 13.8 Å². The summed E-state index contributed by atoms with van der Waals surface area (Å²) in [6, 6.07) is 0. The molecule has 0 radical (unpaired) electrons. The average Bonchev–Trinajstić information content (AvgIpc) is 2.28. The van der Waals surface area contributed by atoms with E-state index in [0.717, 1.165) is 16.6 Å². The Morgan fingerprint density at radius 1 is 0.882 bits per heavy atom. The zero-order valence-electron chi connectivity index (χ0n) is 10.4. The van der Waals surface area contributed by atoms with Gasteiger partial charge in [-0.25, -0.2) is 0 Å². The molecule has 0 aliphatic carbocycles. The van der Waals surface area contributed by atoms with Gasteiger partial charge in [-0.1, -0.05) is 0 Å². The van der Waals surface area contributed by atoms with Gasteiger partial charge in [-0.2, -0.15) is 23.5 Å². The first-order valence-corrected chi connectivity index (χ1v) is 7.98. The van der Waals surface area contributed by atoms with Crippen LogP contribution in [0.25, 0.3) is 0 Å². The van der Waals surface area contributed by atoms with E-state index in [1.54, 1.807) is 37.4 Å². The Morgan fingerprint density at radius 3 is 1.65 bits per heavy atom. The maximum atomic E-state index is 11.0. The van der Waals surface area contributed by atoms with Crippen molar-refractivity contribution in [3.8, 4) is 0 Å². The summed E-state index contributed by atoms with van der Waals surface area (Å²) in [4.78, 5) is 22.0. The Balaban J connectivity index is 3.18. The molecule has 0 aromatic rings. The standard InChI is InChI=1S/C11H20O4S2/c1-3-14-10(12)5-7-16-9-17-8-6-11(13)15-4-2/h3-9H2,1-2H3. The highest BCUT2D eigenvalue weighted by Crippen LogP contribution is 2.14. The van der Waals surface area contributed by atoms with E-state index in [9.17, 15) is 9.59 Å². The zero-order valence-corrected chi connectivity index (χ0v) is 12.0. The normalized spacial score (nSPS) is 10.0. The summed E-state index contributed by atoms with van der Waals surface area (Å²) < 4.78 is 9.62. The fraction of sp³-hybridized carbons (Fsp3) is 0.818. The van der Waals surface area contributed by atoms with Crippen molar-refractivity contribution in [3.63, 3.8) is 0 Å². The van der Waals surface area contributed by atoms with Crippen LogP contribution in [0.3, 0.4) is 0 Å². The molecule has 0 atom stereocenters. The topological polar surface area (TPSA) is 52.6 Å². The van der Waals surface area contributed by atoms with E-state index in [1.165, 1.54) is 0 Å². The predicted molar refractivity (Wildman–Crippen MR) is 72.3 cm³/mol. The summed E-state index contributed by atoms with van der Waals surface area (Å²) in [6.45, 7) is 4.49. The SMILES string of the molecule is CCOC(=O)CCSCSCCC(=O)OCC. The molecule has 0 amide bonds. The molecule has 0 unspecified atom stereocenters. The molecule has 0 aliphatic heterocycles. The lowest BCUT2D eigenvalue weighted by atomic mass is 10.5. The highest BCUT2D eigenvalue weighted by atomic mass is 32.2. The van der Waals surface area contributed by atoms with Gasteiger partial charge in [0.2, 0.25) is 0 Å². The van der Waals surface area contributed by atoms with Crippen molar-refractivity contribution in [3.05, 3.63) is 0 Å². The first-order valence-electron chi connectivity index (χ1n) is 5.67. The molecule has 0 heterocycles. The van der Waals surface area contributed by atoms with Crippen LogP contribution < -0.4 is 0 Å². The van der Waals surface area contributed by atoms with Gasteiger partial charge in [0.15, 0.2) is 0 Å². The van der Waals surface area contributed by atoms with Gasteiger partial charge in [-0.3, -0.25) is 9.59 Å². The first kappa shape index (κ1) is 16.6. The number of carbonyl (C=O) groups excluding carboxylic acids is 2. The van der Waals surface area contributed by atoms with Gasteiger partial charge in [-0.15, -0.1) is 0 Å². The second kappa shape index (κ2) is 12.1. The minimum Gasteiger partial charge on any atom is -0.466 e. The zero-order chi connectivity index (χ0) is 12.9. The number of carbonyl (C=O) groups is 2. The number of thioether (sulfide) groups is 2. The van der Waals surface area contributed by atoms with E-state index in [4.69, 9.17) is 9.47 Å². The van der Waals surface area contributed by atoms with E-state index in [1.807, 2.05) is 0 Å². The Kier molecular flexibility index (Phi) is 11.8. The Bertz CT molecular complexity index is 200. The molecule has 0 spiro atoms. The molecule has 0 saturated carbocycles. The largest absolute Gasteiger partial charge is 0.466 e. The summed E-state index contributed by atoms with van der Waals surface area (Å²) >= 11 is 3.36. The number of hydrogen-bond acceptors (Lipinski definition) is 6. The van der Waals surface area contributed by atoms with Crippen LogP contribution in [-0.4, -0.2) is 41.7 Å². The maximum Gasteiger partial charge on any atom is 0.306 e. The third kappa shape index (κ3) is 11.9. The minimum absolute atomic E-state index is 0.142. The third-order valence-corrected chi connectivity index (χ3v) is 4.00. The lowest BCUT2D eigenvalue weighted by Crippen LogP contribution is -2.05. The van der Waals surface area contributed by atoms with Crippen molar-refractivity contribution in [2.24, 2.45) is 0 Å². The molecule has 17 heavy (non-hydrogen) atoms. The number of ether oxygens (including phenoxy) is 2. The maximum absolute atomic E-state index is 11.0. The smallest absolute Gasteiger partial charge is 0.306 e. The third-order valence-electron chi connectivity index (χ3n) is 1.68. The molecule has 0 fully saturated rings. The molecular formula is C11H20O4S2. The highest BCUT2D eigenvalue weighted by molar-refractivity contribution is 8.15. The predicted octanol–water partition coefficient (Wildman–Crippen LogP) is 2.32. The van der Waals surface area contributed by atoms with E-state index < -0.39 is 0 Å². The van der Waals surface area contributed by atoms with Crippen LogP contribution in [0.5, 0.6) is 0 Å². The summed E-state index contributed by atoms with van der Waals surface area (Å²) in [7, 11) is 0. The summed E-state index contributed by atoms with van der Waals surface area (Å²) in [6.07, 6.45) is 0.911. The van der Waals surface area contributed by atoms with Crippen molar-refractivity contribution in [1.82, 2.24) is 0 Å². The Labute approximate surface area is 111 Å². The van der Waals surface area contributed by atoms with E-state index in [0.29, 0.717) is 26.1 Å². The lowest BCUT2D eigenvalue weighted by molar-refractivity contribution is -0.143. The Morgan fingerprint density at radius 2 is 1.29 bits per heavy atom. The number of rotatable bonds is 10. The monoisotopic (exact) mass is 280 g/mol. The second-order valence-corrected chi connectivity index (χ2v) is 5.62. The van der Waals surface area contributed by atoms with Crippen molar-refractivity contribution in [1.29, 1.82) is 0 Å². The first-order chi connectivity index (χ1) is 8.20. The van der Waals surface area contributed by atoms with Crippen LogP contribution in [0.15, 0.2) is 0 Å². The van der Waals surface area contributed by atoms with E-state index in [2.05, 4.69) is 0 Å². The molecule has 0 aromatic carbocycles. The molecule has 0 saturated heterocycles. The van der Waals surface area contributed by atoms with Gasteiger partial charge < -0.3 is 9.47 Å². The number of hydrogen-bond donors (Lipinski definition) is 0. The average molecular weight is 280 g/mol. The molecule has 100 valence electrons. The molecule has 0 rings (SSSR count). The molecule has 0 bridgehead atoms. The van der Waals surface area contributed by atoms with E-state index >= 15 is 0 Å². The summed E-state index contributed by atoms with van der Waals surface area (Å²) in [5.41, 5.74) is 0. The molecule has 0 N–H and O–H groups in total. The van der Waals surface area contributed by atoms with Crippen LogP contribution in [0.1, 0.15) is 26.7 Å². The van der Waals surface area contributed by atoms with Crippen molar-refractivity contribution in [2.75, 3.05) is 29.8 Å². The van der Waals surface area contributed by atoms with Gasteiger partial charge >= 0.3 is 11.9 Å². The van der Waals surface area contributed by atoms with Gasteiger partial charge in [0, 0.05) is 16.6 Å². The fourth-order valence-electron chi connectivity index (χ4n) is 0.954. The molecule has 0 aromatic heterocycles. The Hall–Kier alpha value is -0.360. The van der Waals surface area contributed by atoms with Gasteiger partial charge in [0.05, 0.1) is 26.1 Å². The van der Waals surface area contributed by atoms with Gasteiger partial charge in [0.25, 0.3) is 0 Å². The second-order valence-electron chi connectivity index (χ2n) is 3.04. The fourth-order valence-corrected chi connectivity index (χ4v) is 2.99. The van der Waals surface area contributed by atoms with Crippen molar-refractivity contribution in [2.45, 2.75) is 26.7 Å². The van der Waals surface area contributed by atoms with Crippen LogP contribution in [0, 0.1) is 0 Å². The minimum atomic E-state index is -0.142. The molecular weight excluding hydrogens is 260 g/mol. The van der Waals surface area contributed by atoms with Crippen LogP contribution in [0.4, 0.5) is 0 Å². The molecule has 6 heteroatoms. The number of esters is 2. The van der Waals surface area contributed by atoms with Crippen LogP contribution >= 0.6 is 23.5 Å². The van der Waals surface area contributed by atoms with Gasteiger partial charge in [0.1, 0.15) is 0 Å². The van der Waals surface area contributed by atoms with Crippen LogP contribution in [0.2, 0.25) is 0 Å². The molecule has 4 nitrogen and oxygen atoms in total. The van der Waals surface area contributed by atoms with Crippen molar-refractivity contribution < 1.29 is 19.1 Å².